The highest BCUT2D eigenvalue weighted by Gasteiger charge is 2.16. The number of carbonyl (C=O) groups is 2. The average Bonchev–Trinajstić information content (AvgIpc) is 2.69. The van der Waals surface area contributed by atoms with E-state index in [4.69, 9.17) is 9.47 Å². The smallest absolute Gasteiger partial charge is 0.310 e. The van der Waals surface area contributed by atoms with Crippen LogP contribution in [-0.4, -0.2) is 30.0 Å². The van der Waals surface area contributed by atoms with Gasteiger partial charge in [-0.05, 0) is 18.2 Å². The van der Waals surface area contributed by atoms with Crippen LogP contribution >= 0.6 is 0 Å². The molecule has 0 fully saturated rings. The van der Waals surface area contributed by atoms with Gasteiger partial charge in [0.25, 0.3) is 11.8 Å². The molecule has 0 spiro atoms. The number of nitrogens with one attached hydrogen (secondary N) is 2. The van der Waals surface area contributed by atoms with Crippen LogP contribution in [0.15, 0.2) is 61.2 Å². The molecule has 2 amide bonds. The number of para-hydroxylation sites is 3. The van der Waals surface area contributed by atoms with Crippen LogP contribution in [0.2, 0.25) is 0 Å². The predicted octanol–water partition coefficient (Wildman–Crippen LogP) is 2.00. The van der Waals surface area contributed by atoms with Gasteiger partial charge < -0.3 is 9.47 Å². The van der Waals surface area contributed by atoms with E-state index in [2.05, 4.69) is 17.4 Å². The molecule has 27 heavy (non-hydrogen) atoms. The van der Waals surface area contributed by atoms with E-state index in [1.807, 2.05) is 0 Å². The maximum atomic E-state index is 12.2. The molecule has 0 bridgehead atoms. The van der Waals surface area contributed by atoms with Crippen LogP contribution < -0.4 is 20.3 Å². The zero-order valence-corrected chi connectivity index (χ0v) is 14.2. The average molecular weight is 371 g/mol. The molecule has 2 N–H and O–H groups in total. The molecular weight excluding hydrogens is 354 g/mol. The van der Waals surface area contributed by atoms with Gasteiger partial charge in [-0.25, -0.2) is 0 Å². The van der Waals surface area contributed by atoms with Crippen molar-refractivity contribution < 1.29 is 24.0 Å². The minimum absolute atomic E-state index is 0.0489. The van der Waals surface area contributed by atoms with Gasteiger partial charge >= 0.3 is 5.69 Å². The third-order valence-corrected chi connectivity index (χ3v) is 3.22. The molecule has 0 aliphatic carbocycles. The van der Waals surface area contributed by atoms with E-state index in [-0.39, 0.29) is 23.6 Å². The number of nitro groups is 1. The van der Waals surface area contributed by atoms with E-state index in [9.17, 15) is 19.7 Å². The van der Waals surface area contributed by atoms with Crippen LogP contribution in [0.3, 0.4) is 0 Å². The fourth-order valence-corrected chi connectivity index (χ4v) is 2.03. The topological polar surface area (TPSA) is 120 Å². The first kappa shape index (κ1) is 19.4. The summed E-state index contributed by atoms with van der Waals surface area (Å²) in [6.45, 7) is 3.24. The first-order valence-electron chi connectivity index (χ1n) is 7.81. The van der Waals surface area contributed by atoms with Gasteiger partial charge in [0.2, 0.25) is 0 Å². The molecule has 2 aromatic carbocycles. The first-order chi connectivity index (χ1) is 13.0. The summed E-state index contributed by atoms with van der Waals surface area (Å²) in [5.74, 6) is -0.993. The molecule has 0 atom stereocenters. The van der Waals surface area contributed by atoms with Crippen molar-refractivity contribution in [2.75, 3.05) is 13.2 Å². The van der Waals surface area contributed by atoms with Crippen molar-refractivity contribution in [3.05, 3.63) is 76.9 Å². The van der Waals surface area contributed by atoms with E-state index >= 15 is 0 Å². The van der Waals surface area contributed by atoms with Crippen molar-refractivity contribution in [3.63, 3.8) is 0 Å². The van der Waals surface area contributed by atoms with Crippen molar-refractivity contribution in [3.8, 4) is 11.5 Å². The Morgan fingerprint density at radius 1 is 1.04 bits per heavy atom. The Hall–Kier alpha value is -3.88. The van der Waals surface area contributed by atoms with Gasteiger partial charge in [0, 0.05) is 6.07 Å². The van der Waals surface area contributed by atoms with Crippen molar-refractivity contribution in [2.24, 2.45) is 0 Å². The highest BCUT2D eigenvalue weighted by atomic mass is 16.6. The van der Waals surface area contributed by atoms with Gasteiger partial charge in [0.15, 0.2) is 12.4 Å². The largest absolute Gasteiger partial charge is 0.489 e. The Labute approximate surface area is 154 Å². The van der Waals surface area contributed by atoms with E-state index in [1.165, 1.54) is 30.3 Å². The number of hydrazine groups is 1. The normalized spacial score (nSPS) is 9.78. The van der Waals surface area contributed by atoms with Crippen LogP contribution in [0.5, 0.6) is 11.5 Å². The zero-order valence-electron chi connectivity index (χ0n) is 14.2. The number of ether oxygens (including phenoxy) is 2. The Bertz CT molecular complexity index is 852. The third kappa shape index (κ3) is 5.56. The zero-order chi connectivity index (χ0) is 19.6. The van der Waals surface area contributed by atoms with E-state index in [1.54, 1.807) is 24.3 Å². The fourth-order valence-electron chi connectivity index (χ4n) is 2.03. The Morgan fingerprint density at radius 2 is 1.70 bits per heavy atom. The highest BCUT2D eigenvalue weighted by Crippen LogP contribution is 2.25. The highest BCUT2D eigenvalue weighted by molar-refractivity contribution is 5.97. The standard InChI is InChI=1S/C18H17N3O6/c1-2-11-26-15-9-5-3-7-13(15)18(23)20-19-17(22)12-27-16-10-6-4-8-14(16)21(24)25/h2-10H,1,11-12H2,(H,19,22)(H,20,23). The lowest BCUT2D eigenvalue weighted by Gasteiger charge is -2.11. The monoisotopic (exact) mass is 371 g/mol. The quantitative estimate of drug-likeness (QED) is 0.416. The molecule has 0 saturated carbocycles. The molecule has 0 aliphatic rings. The number of nitrogens with zero attached hydrogens (tertiary/aromatic N) is 1. The molecule has 9 heteroatoms. The Morgan fingerprint density at radius 3 is 2.41 bits per heavy atom. The van der Waals surface area contributed by atoms with Crippen molar-refractivity contribution in [1.82, 2.24) is 10.9 Å². The minimum atomic E-state index is -0.689. The SMILES string of the molecule is C=CCOc1ccccc1C(=O)NNC(=O)COc1ccccc1[N+](=O)[O-]. The Balaban J connectivity index is 1.90. The molecule has 0 saturated heterocycles. The molecular formula is C18H17N3O6. The molecule has 0 aromatic heterocycles. The van der Waals surface area contributed by atoms with Gasteiger partial charge in [-0.2, -0.15) is 0 Å². The fraction of sp³-hybridized carbons (Fsp3) is 0.111. The number of rotatable bonds is 8. The van der Waals surface area contributed by atoms with Crippen molar-refractivity contribution >= 4 is 17.5 Å². The number of benzene rings is 2. The molecule has 140 valence electrons. The molecule has 0 radical (unpaired) electrons. The van der Waals surface area contributed by atoms with Gasteiger partial charge in [0.05, 0.1) is 10.5 Å². The number of amides is 2. The van der Waals surface area contributed by atoms with Gasteiger partial charge in [-0.1, -0.05) is 36.9 Å². The molecule has 0 unspecified atom stereocenters. The number of hydrogen-bond donors (Lipinski definition) is 2. The molecule has 0 aliphatic heterocycles. The molecule has 9 nitrogen and oxygen atoms in total. The van der Waals surface area contributed by atoms with Gasteiger partial charge in [-0.3, -0.25) is 30.6 Å². The lowest BCUT2D eigenvalue weighted by atomic mass is 10.2. The Kier molecular flexibility index (Phi) is 6.89. The number of carbonyl (C=O) groups excluding carboxylic acids is 2. The maximum absolute atomic E-state index is 12.2. The van der Waals surface area contributed by atoms with Gasteiger partial charge in [0.1, 0.15) is 12.4 Å². The minimum Gasteiger partial charge on any atom is -0.489 e. The summed E-state index contributed by atoms with van der Waals surface area (Å²) in [5.41, 5.74) is 4.37. The van der Waals surface area contributed by atoms with Crippen LogP contribution in [0.1, 0.15) is 10.4 Å². The summed E-state index contributed by atoms with van der Waals surface area (Å²) in [6, 6.07) is 12.1. The summed E-state index contributed by atoms with van der Waals surface area (Å²) < 4.78 is 10.5. The van der Waals surface area contributed by atoms with Crippen LogP contribution in [-0.2, 0) is 4.79 Å². The molecule has 2 rings (SSSR count). The van der Waals surface area contributed by atoms with Crippen molar-refractivity contribution in [1.29, 1.82) is 0 Å². The van der Waals surface area contributed by atoms with Crippen LogP contribution in [0.25, 0.3) is 0 Å². The predicted molar refractivity (Wildman–Crippen MR) is 96.3 cm³/mol. The van der Waals surface area contributed by atoms with Crippen LogP contribution in [0, 0.1) is 10.1 Å². The molecule has 0 heterocycles. The second kappa shape index (κ2) is 9.56. The molecule has 2 aromatic rings. The summed E-state index contributed by atoms with van der Waals surface area (Å²) in [7, 11) is 0. The lowest BCUT2D eigenvalue weighted by Crippen LogP contribution is -2.44. The summed E-state index contributed by atoms with van der Waals surface area (Å²) in [5, 5.41) is 10.9. The summed E-state index contributed by atoms with van der Waals surface area (Å²) in [6.07, 6.45) is 1.54. The second-order valence-electron chi connectivity index (χ2n) is 5.11. The third-order valence-electron chi connectivity index (χ3n) is 3.22. The van der Waals surface area contributed by atoms with Crippen LogP contribution in [0.4, 0.5) is 5.69 Å². The maximum Gasteiger partial charge on any atom is 0.310 e. The number of hydrogen-bond acceptors (Lipinski definition) is 6. The van der Waals surface area contributed by atoms with Crippen molar-refractivity contribution in [2.45, 2.75) is 0 Å². The summed E-state index contributed by atoms with van der Waals surface area (Å²) in [4.78, 5) is 34.3. The lowest BCUT2D eigenvalue weighted by molar-refractivity contribution is -0.385. The second-order valence-corrected chi connectivity index (χ2v) is 5.11. The van der Waals surface area contributed by atoms with Gasteiger partial charge in [-0.15, -0.1) is 0 Å². The van der Waals surface area contributed by atoms with E-state index in [0.29, 0.717) is 5.75 Å². The van der Waals surface area contributed by atoms with E-state index in [0.717, 1.165) is 0 Å². The first-order valence-corrected chi connectivity index (χ1v) is 7.81. The van der Waals surface area contributed by atoms with E-state index < -0.39 is 23.3 Å². The summed E-state index contributed by atoms with van der Waals surface area (Å²) >= 11 is 0. The number of nitro benzene ring substituents is 1.